The van der Waals surface area contributed by atoms with Gasteiger partial charge in [0.15, 0.2) is 0 Å². The predicted molar refractivity (Wildman–Crippen MR) is 67.4 cm³/mol. The number of hydrogen-bond acceptors (Lipinski definition) is 4. The van der Waals surface area contributed by atoms with Crippen molar-refractivity contribution in [3.05, 3.63) is 29.8 Å². The van der Waals surface area contributed by atoms with E-state index < -0.39 is 12.2 Å². The smallest absolute Gasteiger partial charge is 0.107 e. The lowest BCUT2D eigenvalue weighted by molar-refractivity contribution is 0.0173. The standard InChI is InChI=1S/C11H12ClNO2S/c12-6-5-10(14)11(15)8-3-1-2-4-9(8)13-7-16/h1-4,10-11,14-15H,5-6H2. The Hall–Kier alpha value is -0.770. The maximum absolute atomic E-state index is 9.90. The molecule has 0 amide bonds. The number of para-hydroxylation sites is 1. The van der Waals surface area contributed by atoms with Crippen LogP contribution in [0, 0.1) is 0 Å². The Labute approximate surface area is 104 Å². The second kappa shape index (κ2) is 6.74. The number of nitrogens with zero attached hydrogens (tertiary/aromatic N) is 1. The van der Waals surface area contributed by atoms with Crippen molar-refractivity contribution in [3.63, 3.8) is 0 Å². The average molecular weight is 258 g/mol. The molecule has 0 aliphatic carbocycles. The van der Waals surface area contributed by atoms with E-state index in [0.29, 0.717) is 17.7 Å². The van der Waals surface area contributed by atoms with Crippen molar-refractivity contribution >= 4 is 34.7 Å². The third-order valence-corrected chi connectivity index (χ3v) is 2.50. The van der Waals surface area contributed by atoms with Crippen LogP contribution in [0.15, 0.2) is 29.3 Å². The van der Waals surface area contributed by atoms with Crippen LogP contribution in [0.5, 0.6) is 0 Å². The van der Waals surface area contributed by atoms with Crippen molar-refractivity contribution in [2.45, 2.75) is 18.6 Å². The summed E-state index contributed by atoms with van der Waals surface area (Å²) in [6, 6.07) is 6.92. The van der Waals surface area contributed by atoms with Gasteiger partial charge in [-0.2, -0.15) is 4.99 Å². The number of halogens is 1. The van der Waals surface area contributed by atoms with E-state index in [4.69, 9.17) is 11.6 Å². The van der Waals surface area contributed by atoms with Gasteiger partial charge in [-0.25, -0.2) is 0 Å². The molecule has 16 heavy (non-hydrogen) atoms. The van der Waals surface area contributed by atoms with Crippen molar-refractivity contribution in [1.82, 2.24) is 0 Å². The molecular formula is C11H12ClNO2S. The Kier molecular flexibility index (Phi) is 5.60. The molecule has 0 heterocycles. The molecule has 0 saturated carbocycles. The lowest BCUT2D eigenvalue weighted by Gasteiger charge is -2.18. The summed E-state index contributed by atoms with van der Waals surface area (Å²) in [7, 11) is 0. The van der Waals surface area contributed by atoms with Crippen LogP contribution in [0.4, 0.5) is 5.69 Å². The molecule has 1 rings (SSSR count). The van der Waals surface area contributed by atoms with E-state index in [1.165, 1.54) is 0 Å². The van der Waals surface area contributed by atoms with E-state index >= 15 is 0 Å². The molecule has 2 N–H and O–H groups in total. The van der Waals surface area contributed by atoms with Gasteiger partial charge in [-0.15, -0.1) is 11.6 Å². The molecular weight excluding hydrogens is 246 g/mol. The normalized spacial score (nSPS) is 13.9. The van der Waals surface area contributed by atoms with Crippen molar-refractivity contribution < 1.29 is 10.2 Å². The zero-order valence-corrected chi connectivity index (χ0v) is 10.1. The Morgan fingerprint density at radius 3 is 2.69 bits per heavy atom. The molecule has 0 aliphatic heterocycles. The second-order valence-corrected chi connectivity index (χ2v) is 3.81. The fraction of sp³-hybridized carbons (Fsp3) is 0.364. The summed E-state index contributed by atoms with van der Waals surface area (Å²) < 4.78 is 0. The molecule has 0 radical (unpaired) electrons. The monoisotopic (exact) mass is 257 g/mol. The fourth-order valence-electron chi connectivity index (χ4n) is 1.37. The zero-order valence-electron chi connectivity index (χ0n) is 8.51. The van der Waals surface area contributed by atoms with Crippen molar-refractivity contribution in [3.8, 4) is 0 Å². The molecule has 0 saturated heterocycles. The summed E-state index contributed by atoms with van der Waals surface area (Å²) in [6.45, 7) is 0. The summed E-state index contributed by atoms with van der Waals surface area (Å²) in [4.78, 5) is 3.83. The van der Waals surface area contributed by atoms with E-state index in [-0.39, 0.29) is 5.88 Å². The Balaban J connectivity index is 2.97. The highest BCUT2D eigenvalue weighted by atomic mass is 35.5. The summed E-state index contributed by atoms with van der Waals surface area (Å²) in [6.07, 6.45) is -1.60. The Morgan fingerprint density at radius 1 is 1.38 bits per heavy atom. The van der Waals surface area contributed by atoms with Gasteiger partial charge < -0.3 is 10.2 Å². The summed E-state index contributed by atoms with van der Waals surface area (Å²) in [5.41, 5.74) is 1.04. The maximum atomic E-state index is 9.90. The molecule has 0 fully saturated rings. The van der Waals surface area contributed by atoms with Crippen LogP contribution in [0.1, 0.15) is 18.1 Å². The fourth-order valence-corrected chi connectivity index (χ4v) is 1.69. The van der Waals surface area contributed by atoms with Gasteiger partial charge in [0.1, 0.15) is 6.10 Å². The Bertz CT molecular complexity index is 393. The molecule has 1 aromatic rings. The SMILES string of the molecule is OC(CCCl)C(O)c1ccccc1N=C=S. The number of benzene rings is 1. The number of aliphatic imine (C=N–C) groups is 1. The van der Waals surface area contributed by atoms with Crippen LogP contribution in [-0.2, 0) is 0 Å². The van der Waals surface area contributed by atoms with Crippen LogP contribution in [-0.4, -0.2) is 27.4 Å². The van der Waals surface area contributed by atoms with Gasteiger partial charge in [0.05, 0.1) is 17.0 Å². The van der Waals surface area contributed by atoms with E-state index in [2.05, 4.69) is 22.4 Å². The summed E-state index contributed by atoms with van der Waals surface area (Å²) in [5.74, 6) is 0.289. The molecule has 86 valence electrons. The van der Waals surface area contributed by atoms with Gasteiger partial charge in [-0.3, -0.25) is 0 Å². The van der Waals surface area contributed by atoms with Crippen LogP contribution >= 0.6 is 23.8 Å². The third-order valence-electron chi connectivity index (χ3n) is 2.19. The number of alkyl halides is 1. The molecule has 0 aromatic heterocycles. The molecule has 2 atom stereocenters. The number of aliphatic hydroxyl groups excluding tert-OH is 2. The predicted octanol–water partition coefficient (Wildman–Crippen LogP) is 2.44. The van der Waals surface area contributed by atoms with Crippen LogP contribution in [0.2, 0.25) is 0 Å². The average Bonchev–Trinajstić information content (AvgIpc) is 2.29. The van der Waals surface area contributed by atoms with E-state index in [1.54, 1.807) is 24.3 Å². The van der Waals surface area contributed by atoms with Gasteiger partial charge in [-0.1, -0.05) is 18.2 Å². The minimum absolute atomic E-state index is 0.289. The highest BCUT2D eigenvalue weighted by Gasteiger charge is 2.20. The number of rotatable bonds is 5. The molecule has 2 unspecified atom stereocenters. The summed E-state index contributed by atoms with van der Waals surface area (Å²) in [5, 5.41) is 21.8. The largest absolute Gasteiger partial charge is 0.390 e. The highest BCUT2D eigenvalue weighted by molar-refractivity contribution is 7.78. The summed E-state index contributed by atoms with van der Waals surface area (Å²) >= 11 is 10.0. The van der Waals surface area contributed by atoms with Gasteiger partial charge in [0.2, 0.25) is 0 Å². The first-order valence-electron chi connectivity index (χ1n) is 4.79. The van der Waals surface area contributed by atoms with Gasteiger partial charge >= 0.3 is 0 Å². The van der Waals surface area contributed by atoms with Crippen LogP contribution in [0.25, 0.3) is 0 Å². The minimum Gasteiger partial charge on any atom is -0.390 e. The van der Waals surface area contributed by atoms with E-state index in [0.717, 1.165) is 0 Å². The van der Waals surface area contributed by atoms with Crippen molar-refractivity contribution in [2.24, 2.45) is 4.99 Å². The quantitative estimate of drug-likeness (QED) is 0.484. The molecule has 0 aliphatic rings. The minimum atomic E-state index is -1.01. The number of thiocarbonyl (C=S) groups is 1. The first-order valence-corrected chi connectivity index (χ1v) is 5.74. The Morgan fingerprint density at radius 2 is 2.06 bits per heavy atom. The van der Waals surface area contributed by atoms with Crippen molar-refractivity contribution in [2.75, 3.05) is 5.88 Å². The molecule has 3 nitrogen and oxygen atoms in total. The number of hydrogen-bond donors (Lipinski definition) is 2. The van der Waals surface area contributed by atoms with E-state index in [9.17, 15) is 10.2 Å². The number of aliphatic hydroxyl groups is 2. The number of isothiocyanates is 1. The van der Waals surface area contributed by atoms with Crippen LogP contribution in [0.3, 0.4) is 0 Å². The first-order chi connectivity index (χ1) is 7.70. The first kappa shape index (κ1) is 13.3. The molecule has 0 bridgehead atoms. The zero-order chi connectivity index (χ0) is 12.0. The highest BCUT2D eigenvalue weighted by Crippen LogP contribution is 2.28. The van der Waals surface area contributed by atoms with E-state index in [1.807, 2.05) is 0 Å². The topological polar surface area (TPSA) is 52.8 Å². The van der Waals surface area contributed by atoms with Crippen LogP contribution < -0.4 is 0 Å². The van der Waals surface area contributed by atoms with Gasteiger partial charge in [0.25, 0.3) is 0 Å². The van der Waals surface area contributed by atoms with Gasteiger partial charge in [-0.05, 0) is 24.7 Å². The molecule has 5 heteroatoms. The second-order valence-electron chi connectivity index (χ2n) is 3.25. The van der Waals surface area contributed by atoms with Crippen molar-refractivity contribution in [1.29, 1.82) is 0 Å². The lowest BCUT2D eigenvalue weighted by Crippen LogP contribution is -2.18. The van der Waals surface area contributed by atoms with Gasteiger partial charge in [0, 0.05) is 11.4 Å². The molecule has 0 spiro atoms. The third kappa shape index (κ3) is 3.37. The molecule has 1 aromatic carbocycles. The maximum Gasteiger partial charge on any atom is 0.107 e. The lowest BCUT2D eigenvalue weighted by atomic mass is 10.0.